The van der Waals surface area contributed by atoms with Crippen LogP contribution in [0.4, 0.5) is 0 Å². The Morgan fingerprint density at radius 3 is 2.83 bits per heavy atom. The van der Waals surface area contributed by atoms with Crippen LogP contribution >= 0.6 is 0 Å². The van der Waals surface area contributed by atoms with Crippen molar-refractivity contribution < 1.29 is 4.79 Å². The largest absolute Gasteiger partial charge is 0.298 e. The van der Waals surface area contributed by atoms with Gasteiger partial charge in [0.05, 0.1) is 0 Å². The zero-order valence-corrected chi connectivity index (χ0v) is 7.21. The van der Waals surface area contributed by atoms with Crippen LogP contribution in [0.25, 0.3) is 0 Å². The second-order valence-corrected chi connectivity index (χ2v) is 2.80. The standard InChI is InChI=1S/C11H12O/c1-3-4-11-7-10(8-12)6-5-9(11)2/h3,5-8H,1,4H2,2H3. The molecule has 0 aliphatic carbocycles. The SMILES string of the molecule is C=CCc1cc(C=O)ccc1C. The number of carbonyl (C=O) groups excluding carboxylic acids is 1. The van der Waals surface area contributed by atoms with Crippen LogP contribution in [0.15, 0.2) is 30.9 Å². The highest BCUT2D eigenvalue weighted by Gasteiger charge is 1.97. The van der Waals surface area contributed by atoms with Crippen molar-refractivity contribution in [2.24, 2.45) is 0 Å². The topological polar surface area (TPSA) is 17.1 Å². The lowest BCUT2D eigenvalue weighted by Crippen LogP contribution is -1.89. The molecule has 0 atom stereocenters. The van der Waals surface area contributed by atoms with E-state index in [1.54, 1.807) is 0 Å². The summed E-state index contributed by atoms with van der Waals surface area (Å²) in [7, 11) is 0. The predicted molar refractivity (Wildman–Crippen MR) is 50.5 cm³/mol. The molecule has 0 heterocycles. The minimum Gasteiger partial charge on any atom is -0.298 e. The van der Waals surface area contributed by atoms with E-state index in [0.717, 1.165) is 18.3 Å². The van der Waals surface area contributed by atoms with Crippen LogP contribution in [-0.4, -0.2) is 6.29 Å². The number of aryl methyl sites for hydroxylation is 1. The first-order valence-corrected chi connectivity index (χ1v) is 3.93. The second kappa shape index (κ2) is 3.86. The second-order valence-electron chi connectivity index (χ2n) is 2.80. The zero-order chi connectivity index (χ0) is 8.97. The fraction of sp³-hybridized carbons (Fsp3) is 0.182. The van der Waals surface area contributed by atoms with Gasteiger partial charge in [-0.15, -0.1) is 6.58 Å². The summed E-state index contributed by atoms with van der Waals surface area (Å²) in [6.07, 6.45) is 3.54. The zero-order valence-electron chi connectivity index (χ0n) is 7.21. The van der Waals surface area contributed by atoms with Crippen LogP contribution in [0.1, 0.15) is 21.5 Å². The van der Waals surface area contributed by atoms with E-state index in [9.17, 15) is 4.79 Å². The number of allylic oxidation sites excluding steroid dienone is 1. The summed E-state index contributed by atoms with van der Waals surface area (Å²) in [6, 6.07) is 5.70. The van der Waals surface area contributed by atoms with Gasteiger partial charge in [0.2, 0.25) is 0 Å². The Labute approximate surface area is 72.7 Å². The van der Waals surface area contributed by atoms with Crippen LogP contribution in [0.3, 0.4) is 0 Å². The van der Waals surface area contributed by atoms with E-state index < -0.39 is 0 Å². The highest BCUT2D eigenvalue weighted by atomic mass is 16.1. The predicted octanol–water partition coefficient (Wildman–Crippen LogP) is 2.54. The molecule has 0 saturated heterocycles. The molecule has 0 unspecified atom stereocenters. The van der Waals surface area contributed by atoms with Gasteiger partial charge in [0.15, 0.2) is 0 Å². The van der Waals surface area contributed by atoms with E-state index in [1.807, 2.05) is 31.2 Å². The number of rotatable bonds is 3. The van der Waals surface area contributed by atoms with Gasteiger partial charge in [0.1, 0.15) is 6.29 Å². The smallest absolute Gasteiger partial charge is 0.150 e. The van der Waals surface area contributed by atoms with E-state index in [4.69, 9.17) is 0 Å². The van der Waals surface area contributed by atoms with Crippen LogP contribution in [-0.2, 0) is 6.42 Å². The molecule has 0 radical (unpaired) electrons. The summed E-state index contributed by atoms with van der Waals surface area (Å²) in [6.45, 7) is 5.70. The summed E-state index contributed by atoms with van der Waals surface area (Å²) >= 11 is 0. The first-order valence-electron chi connectivity index (χ1n) is 3.93. The van der Waals surface area contributed by atoms with Gasteiger partial charge >= 0.3 is 0 Å². The Morgan fingerprint density at radius 1 is 1.50 bits per heavy atom. The Bertz CT molecular complexity index is 300. The Morgan fingerprint density at radius 2 is 2.25 bits per heavy atom. The van der Waals surface area contributed by atoms with Crippen molar-refractivity contribution in [3.63, 3.8) is 0 Å². The van der Waals surface area contributed by atoms with Crippen LogP contribution in [0, 0.1) is 6.92 Å². The van der Waals surface area contributed by atoms with Crippen LogP contribution in [0.5, 0.6) is 0 Å². The van der Waals surface area contributed by atoms with Gasteiger partial charge in [-0.05, 0) is 30.5 Å². The van der Waals surface area contributed by atoms with Gasteiger partial charge in [-0.25, -0.2) is 0 Å². The molecule has 0 saturated carbocycles. The molecule has 62 valence electrons. The van der Waals surface area contributed by atoms with Crippen molar-refractivity contribution >= 4 is 6.29 Å². The molecule has 0 amide bonds. The number of carbonyl (C=O) groups is 1. The average Bonchev–Trinajstić information content (AvgIpc) is 2.09. The van der Waals surface area contributed by atoms with Gasteiger partial charge in [0, 0.05) is 5.56 Å². The molecule has 1 nitrogen and oxygen atoms in total. The molecule has 12 heavy (non-hydrogen) atoms. The lowest BCUT2D eigenvalue weighted by Gasteiger charge is -2.02. The summed E-state index contributed by atoms with van der Waals surface area (Å²) in [5.74, 6) is 0. The summed E-state index contributed by atoms with van der Waals surface area (Å²) in [4.78, 5) is 10.4. The lowest BCUT2D eigenvalue weighted by molar-refractivity contribution is 0.112. The normalized spacial score (nSPS) is 9.42. The van der Waals surface area contributed by atoms with Crippen molar-refractivity contribution in [1.29, 1.82) is 0 Å². The number of benzene rings is 1. The molecule has 0 N–H and O–H groups in total. The molecule has 1 aromatic rings. The molecule has 0 bridgehead atoms. The maximum Gasteiger partial charge on any atom is 0.150 e. The van der Waals surface area contributed by atoms with Crippen molar-refractivity contribution in [3.05, 3.63) is 47.5 Å². The van der Waals surface area contributed by atoms with Gasteiger partial charge in [-0.3, -0.25) is 4.79 Å². The summed E-state index contributed by atoms with van der Waals surface area (Å²) in [5.41, 5.74) is 3.12. The van der Waals surface area contributed by atoms with Crippen molar-refractivity contribution in [2.75, 3.05) is 0 Å². The molecule has 1 heteroatoms. The lowest BCUT2D eigenvalue weighted by atomic mass is 10.0. The highest BCUT2D eigenvalue weighted by Crippen LogP contribution is 2.10. The van der Waals surface area contributed by atoms with Gasteiger partial charge in [-0.1, -0.05) is 18.2 Å². The molecule has 0 aliphatic heterocycles. The van der Waals surface area contributed by atoms with E-state index >= 15 is 0 Å². The van der Waals surface area contributed by atoms with Crippen LogP contribution < -0.4 is 0 Å². The van der Waals surface area contributed by atoms with Gasteiger partial charge in [-0.2, -0.15) is 0 Å². The van der Waals surface area contributed by atoms with Gasteiger partial charge < -0.3 is 0 Å². The number of hydrogen-bond donors (Lipinski definition) is 0. The summed E-state index contributed by atoms with van der Waals surface area (Å²) in [5, 5.41) is 0. The number of hydrogen-bond acceptors (Lipinski definition) is 1. The van der Waals surface area contributed by atoms with E-state index in [-0.39, 0.29) is 0 Å². The first kappa shape index (κ1) is 8.72. The quantitative estimate of drug-likeness (QED) is 0.490. The molecule has 0 fully saturated rings. The molecule has 0 spiro atoms. The van der Waals surface area contributed by atoms with E-state index in [0.29, 0.717) is 0 Å². The molecule has 0 aromatic heterocycles. The Balaban J connectivity index is 3.06. The number of aldehydes is 1. The third-order valence-corrected chi connectivity index (χ3v) is 1.87. The average molecular weight is 160 g/mol. The monoisotopic (exact) mass is 160 g/mol. The highest BCUT2D eigenvalue weighted by molar-refractivity contribution is 5.75. The minimum absolute atomic E-state index is 0.734. The molecule has 1 aromatic carbocycles. The van der Waals surface area contributed by atoms with Crippen LogP contribution in [0.2, 0.25) is 0 Å². The fourth-order valence-electron chi connectivity index (χ4n) is 1.14. The summed E-state index contributed by atoms with van der Waals surface area (Å²) < 4.78 is 0. The van der Waals surface area contributed by atoms with E-state index in [2.05, 4.69) is 6.58 Å². The van der Waals surface area contributed by atoms with E-state index in [1.165, 1.54) is 11.1 Å². The van der Waals surface area contributed by atoms with Gasteiger partial charge in [0.25, 0.3) is 0 Å². The van der Waals surface area contributed by atoms with Crippen molar-refractivity contribution in [2.45, 2.75) is 13.3 Å². The first-order chi connectivity index (χ1) is 5.77. The maximum absolute atomic E-state index is 10.4. The molecule has 1 rings (SSSR count). The van der Waals surface area contributed by atoms with Crippen molar-refractivity contribution in [1.82, 2.24) is 0 Å². The third kappa shape index (κ3) is 1.82. The molecular weight excluding hydrogens is 148 g/mol. The van der Waals surface area contributed by atoms with Crippen molar-refractivity contribution in [3.8, 4) is 0 Å². The Kier molecular flexibility index (Phi) is 2.81. The third-order valence-electron chi connectivity index (χ3n) is 1.87. The maximum atomic E-state index is 10.4. The fourth-order valence-corrected chi connectivity index (χ4v) is 1.14. The minimum atomic E-state index is 0.734. The Hall–Kier alpha value is -1.37. The molecular formula is C11H12O. The molecule has 0 aliphatic rings.